The average molecular weight is 310 g/mol. The molecule has 1 fully saturated rings. The maximum Gasteiger partial charge on any atom is 0.269 e. The van der Waals surface area contributed by atoms with Crippen LogP contribution in [0.25, 0.3) is 0 Å². The summed E-state index contributed by atoms with van der Waals surface area (Å²) in [5.74, 6) is 2.31. The molecule has 0 bridgehead atoms. The van der Waals surface area contributed by atoms with Crippen LogP contribution in [0.15, 0.2) is 29.2 Å². The van der Waals surface area contributed by atoms with Gasteiger partial charge < -0.3 is 0 Å². The predicted octanol–water partition coefficient (Wildman–Crippen LogP) is 4.77. The molecule has 16 heavy (non-hydrogen) atoms. The molecule has 1 aliphatic heterocycles. The van der Waals surface area contributed by atoms with Gasteiger partial charge >= 0.3 is 0 Å². The smallest absolute Gasteiger partial charge is 0.258 e. The van der Waals surface area contributed by atoms with E-state index in [1.54, 1.807) is 35.6 Å². The molecule has 0 amide bonds. The third-order valence-electron chi connectivity index (χ3n) is 1.86. The molecule has 1 radical (unpaired) electrons. The minimum atomic E-state index is -1.31. The van der Waals surface area contributed by atoms with Gasteiger partial charge in [0.05, 0.1) is 8.99 Å². The van der Waals surface area contributed by atoms with Crippen LogP contribution >= 0.6 is 50.5 Å². The first-order valence-electron chi connectivity index (χ1n) is 4.44. The molecule has 87 valence electrons. The maximum atomic E-state index is 10.5. The number of non-ortho nitro benzene ring substituents is 1. The molecule has 1 heterocycles. The fourth-order valence-corrected chi connectivity index (χ4v) is 15.5. The molecule has 1 aromatic rings. The topological polar surface area (TPSA) is 43.1 Å². The molecule has 1 aromatic carbocycles. The van der Waals surface area contributed by atoms with E-state index in [-0.39, 0.29) is 10.6 Å². The Balaban J connectivity index is 2.07. The van der Waals surface area contributed by atoms with Gasteiger partial charge in [0.1, 0.15) is 0 Å². The molecule has 2 rings (SSSR count). The molecule has 0 spiro atoms. The van der Waals surface area contributed by atoms with Crippen molar-refractivity contribution in [2.24, 2.45) is 0 Å². The van der Waals surface area contributed by atoms with E-state index in [0.717, 1.165) is 16.4 Å². The summed E-state index contributed by atoms with van der Waals surface area (Å²) >= 11 is 10.3. The summed E-state index contributed by atoms with van der Waals surface area (Å²) < 4.78 is -1.31. The summed E-state index contributed by atoms with van der Waals surface area (Å²) in [4.78, 5) is 11.2. The number of nitro groups is 1. The summed E-state index contributed by atoms with van der Waals surface area (Å²) in [5, 5.41) is 10.5. The lowest BCUT2D eigenvalue weighted by Gasteiger charge is -2.21. The second kappa shape index (κ2) is 5.40. The summed E-state index contributed by atoms with van der Waals surface area (Å²) in [7, 11) is 0. The van der Waals surface area contributed by atoms with Crippen molar-refractivity contribution in [1.29, 1.82) is 0 Å². The Labute approximate surface area is 111 Å². The van der Waals surface area contributed by atoms with Gasteiger partial charge in [-0.3, -0.25) is 10.1 Å². The Hall–Kier alpha value is 0.450. The van der Waals surface area contributed by atoms with Crippen molar-refractivity contribution in [3.05, 3.63) is 34.4 Å². The number of rotatable bonds is 3. The highest BCUT2D eigenvalue weighted by Crippen LogP contribution is 2.94. The lowest BCUT2D eigenvalue weighted by molar-refractivity contribution is -0.384. The molecule has 0 atom stereocenters. The van der Waals surface area contributed by atoms with E-state index in [0.29, 0.717) is 0 Å². The van der Waals surface area contributed by atoms with E-state index < -0.39 is 4.07 Å². The van der Waals surface area contributed by atoms with Crippen LogP contribution in [-0.2, 0) is 0 Å². The highest BCUT2D eigenvalue weighted by atomic mass is 33.6. The molecule has 0 saturated carbocycles. The van der Waals surface area contributed by atoms with Gasteiger partial charge in [0.2, 0.25) is 0 Å². The minimum Gasteiger partial charge on any atom is -0.258 e. The van der Waals surface area contributed by atoms with Gasteiger partial charge in [-0.05, 0) is 12.1 Å². The molecular weight excluding hydrogens is 301 g/mol. The third-order valence-corrected chi connectivity index (χ3v) is 16.6. The van der Waals surface area contributed by atoms with Gasteiger partial charge in [-0.1, -0.05) is 11.4 Å². The molecule has 0 aromatic heterocycles. The zero-order valence-corrected chi connectivity index (χ0v) is 12.3. The fourth-order valence-electron chi connectivity index (χ4n) is 1.16. The highest BCUT2D eigenvalue weighted by molar-refractivity contribution is 9.36. The Morgan fingerprint density at radius 1 is 1.31 bits per heavy atom. The number of nitrogens with zero attached hydrogens (tertiary/aromatic N) is 1. The van der Waals surface area contributed by atoms with Crippen LogP contribution < -0.4 is 0 Å². The molecule has 0 unspecified atom stereocenters. The fraction of sp³-hybridized carbons (Fsp3) is 0.250. The Morgan fingerprint density at radius 3 is 2.38 bits per heavy atom. The van der Waals surface area contributed by atoms with E-state index >= 15 is 0 Å². The third kappa shape index (κ3) is 3.23. The van der Waals surface area contributed by atoms with Crippen LogP contribution in [0.5, 0.6) is 0 Å². The lowest BCUT2D eigenvalue weighted by atomic mass is 10.3. The van der Waals surface area contributed by atoms with Gasteiger partial charge in [0.15, 0.2) is 0 Å². The van der Waals surface area contributed by atoms with Crippen molar-refractivity contribution in [2.45, 2.75) is 4.90 Å². The Kier molecular flexibility index (Phi) is 4.35. The van der Waals surface area contributed by atoms with Crippen LogP contribution in [0.4, 0.5) is 5.69 Å². The van der Waals surface area contributed by atoms with E-state index in [4.69, 9.17) is 12.2 Å². The van der Waals surface area contributed by atoms with Gasteiger partial charge in [0.25, 0.3) is 5.69 Å². The van der Waals surface area contributed by atoms with E-state index in [9.17, 15) is 10.1 Å². The van der Waals surface area contributed by atoms with Crippen LogP contribution in [0.1, 0.15) is 0 Å². The maximum absolute atomic E-state index is 10.5. The van der Waals surface area contributed by atoms with Crippen LogP contribution in [0, 0.1) is 10.1 Å². The molecule has 1 saturated heterocycles. The number of thiol groups is 1. The predicted molar refractivity (Wildman–Crippen MR) is 79.8 cm³/mol. The van der Waals surface area contributed by atoms with Gasteiger partial charge in [-0.2, -0.15) is 0 Å². The van der Waals surface area contributed by atoms with Crippen molar-refractivity contribution < 1.29 is 4.92 Å². The first-order chi connectivity index (χ1) is 7.59. The highest BCUT2D eigenvalue weighted by Gasteiger charge is 2.30. The number of hydrogen-bond acceptors (Lipinski definition) is 6. The zero-order chi connectivity index (χ0) is 11.6. The summed E-state index contributed by atoms with van der Waals surface area (Å²) in [6.45, 7) is 0. The summed E-state index contributed by atoms with van der Waals surface area (Å²) in [5.41, 5.74) is 0.141. The summed E-state index contributed by atoms with van der Waals surface area (Å²) in [6, 6.07) is 6.71. The Morgan fingerprint density at radius 2 is 1.88 bits per heavy atom. The SMILES string of the molecule is O=[N+]([O-])c1ccc(S[P]2(S)SCCS2)cc1. The zero-order valence-electron chi connectivity index (χ0n) is 8.11. The van der Waals surface area contributed by atoms with Crippen molar-refractivity contribution in [2.75, 3.05) is 11.5 Å². The van der Waals surface area contributed by atoms with E-state index in [1.807, 2.05) is 22.8 Å². The Bertz CT molecular complexity index is 394. The van der Waals surface area contributed by atoms with Gasteiger partial charge in [-0.25, -0.2) is 0 Å². The number of hydrogen-bond donors (Lipinski definition) is 1. The molecule has 0 N–H and O–H groups in total. The first kappa shape index (κ1) is 12.9. The second-order valence-corrected chi connectivity index (χ2v) is 19.2. The molecule has 3 nitrogen and oxygen atoms in total. The van der Waals surface area contributed by atoms with Crippen molar-refractivity contribution in [1.82, 2.24) is 0 Å². The quantitative estimate of drug-likeness (QED) is 0.377. The van der Waals surface area contributed by atoms with E-state index in [1.165, 1.54) is 0 Å². The molecule has 0 aliphatic carbocycles. The van der Waals surface area contributed by atoms with Crippen molar-refractivity contribution in [3.8, 4) is 0 Å². The monoisotopic (exact) mass is 310 g/mol. The molecule has 1 aliphatic rings. The largest absolute Gasteiger partial charge is 0.269 e. The van der Waals surface area contributed by atoms with Crippen molar-refractivity contribution >= 4 is 56.2 Å². The average Bonchev–Trinajstić information content (AvgIpc) is 2.65. The lowest BCUT2D eigenvalue weighted by Crippen LogP contribution is -1.86. The van der Waals surface area contributed by atoms with Crippen LogP contribution in [0.3, 0.4) is 0 Å². The van der Waals surface area contributed by atoms with Crippen LogP contribution in [0.2, 0.25) is 0 Å². The van der Waals surface area contributed by atoms with Crippen molar-refractivity contribution in [3.63, 3.8) is 0 Å². The molecule has 8 heteroatoms. The molecular formula is C8H9NO2PS4. The number of nitro benzene ring substituents is 1. The second-order valence-electron chi connectivity index (χ2n) is 2.98. The first-order valence-corrected chi connectivity index (χ1v) is 12.0. The standard InChI is InChI=1S/C8H9NO2PS4/c10-9(11)7-1-3-8(4-2-7)16-12(13)14-5-6-15-12/h1-4,13H,5-6H2. The number of benzene rings is 1. The van der Waals surface area contributed by atoms with Gasteiger partial charge in [-0.15, -0.1) is 35.0 Å². The summed E-state index contributed by atoms with van der Waals surface area (Å²) in [6.07, 6.45) is 0. The normalized spacial score (nSPS) is 18.6. The van der Waals surface area contributed by atoms with Gasteiger partial charge in [0, 0.05) is 28.5 Å². The van der Waals surface area contributed by atoms with E-state index in [2.05, 4.69) is 0 Å². The van der Waals surface area contributed by atoms with Crippen LogP contribution in [-0.4, -0.2) is 16.4 Å². The minimum absolute atomic E-state index is 0.141.